The number of hydrogen-bond donors (Lipinski definition) is 0. The maximum atomic E-state index is 13.1. The number of amides is 1. The van der Waals surface area contributed by atoms with E-state index in [1.807, 2.05) is 4.90 Å². The van der Waals surface area contributed by atoms with Gasteiger partial charge in [-0.3, -0.25) is 4.79 Å². The van der Waals surface area contributed by atoms with Crippen molar-refractivity contribution in [1.29, 1.82) is 0 Å². The van der Waals surface area contributed by atoms with Gasteiger partial charge in [0, 0.05) is 32.5 Å². The molecular formula is C16H21N5O3. The van der Waals surface area contributed by atoms with Crippen LogP contribution in [0.3, 0.4) is 0 Å². The Morgan fingerprint density at radius 2 is 2.25 bits per heavy atom. The first-order chi connectivity index (χ1) is 11.7. The van der Waals surface area contributed by atoms with E-state index in [1.165, 1.54) is 0 Å². The number of carbonyl (C=O) groups is 1. The smallest absolute Gasteiger partial charge is 0.254 e. The monoisotopic (exact) mass is 331 g/mol. The van der Waals surface area contributed by atoms with Crippen LogP contribution >= 0.6 is 0 Å². The molecule has 3 atom stereocenters. The van der Waals surface area contributed by atoms with Crippen LogP contribution in [0.15, 0.2) is 18.3 Å². The standard InChI is InChI=1S/C16H21N5O3/c1-23-12-3-5-16(24-2)6-8-20(13(16)10-12)15(22)11-4-7-21-14(9-11)17-18-19-21/h4,7,9,12-13H,3,5-6,8,10H2,1-2H3/t12-,13+,16-/m0/s1. The second-order valence-electron chi connectivity index (χ2n) is 6.56. The summed E-state index contributed by atoms with van der Waals surface area (Å²) < 4.78 is 13.0. The molecule has 128 valence electrons. The Morgan fingerprint density at radius 1 is 1.38 bits per heavy atom. The van der Waals surface area contributed by atoms with Crippen molar-refractivity contribution < 1.29 is 14.3 Å². The number of ether oxygens (including phenoxy) is 2. The predicted molar refractivity (Wildman–Crippen MR) is 84.6 cm³/mol. The summed E-state index contributed by atoms with van der Waals surface area (Å²) in [4.78, 5) is 15.0. The van der Waals surface area contributed by atoms with Crippen molar-refractivity contribution in [3.05, 3.63) is 23.9 Å². The molecule has 0 N–H and O–H groups in total. The Balaban J connectivity index is 1.63. The lowest BCUT2D eigenvalue weighted by atomic mass is 9.79. The fraction of sp³-hybridized carbons (Fsp3) is 0.625. The van der Waals surface area contributed by atoms with Gasteiger partial charge in [-0.1, -0.05) is 0 Å². The zero-order chi connectivity index (χ0) is 16.7. The van der Waals surface area contributed by atoms with Gasteiger partial charge in [0.25, 0.3) is 5.91 Å². The first kappa shape index (κ1) is 15.5. The molecule has 0 unspecified atom stereocenters. The largest absolute Gasteiger partial charge is 0.381 e. The average Bonchev–Trinajstić information content (AvgIpc) is 3.24. The molecule has 0 aromatic carbocycles. The van der Waals surface area contributed by atoms with Gasteiger partial charge in [-0.05, 0) is 48.2 Å². The fourth-order valence-electron chi connectivity index (χ4n) is 4.16. The van der Waals surface area contributed by atoms with E-state index in [1.54, 1.807) is 37.1 Å². The Labute approximate surface area is 139 Å². The molecule has 24 heavy (non-hydrogen) atoms. The molecule has 0 radical (unpaired) electrons. The van der Waals surface area contributed by atoms with E-state index in [0.717, 1.165) is 25.7 Å². The van der Waals surface area contributed by atoms with E-state index < -0.39 is 0 Å². The molecule has 1 aliphatic carbocycles. The van der Waals surface area contributed by atoms with Gasteiger partial charge in [-0.2, -0.15) is 0 Å². The number of rotatable bonds is 3. The molecule has 2 aromatic heterocycles. The fourth-order valence-corrected chi connectivity index (χ4v) is 4.16. The number of pyridine rings is 1. The molecule has 4 rings (SSSR count). The first-order valence-electron chi connectivity index (χ1n) is 8.23. The number of aromatic nitrogens is 4. The van der Waals surface area contributed by atoms with Crippen LogP contribution in [-0.2, 0) is 9.47 Å². The Kier molecular flexibility index (Phi) is 3.73. The van der Waals surface area contributed by atoms with Crippen molar-refractivity contribution >= 4 is 11.6 Å². The lowest BCUT2D eigenvalue weighted by Crippen LogP contribution is -2.53. The van der Waals surface area contributed by atoms with Crippen molar-refractivity contribution in [2.45, 2.75) is 43.4 Å². The number of hydrogen-bond acceptors (Lipinski definition) is 6. The number of likely N-dealkylation sites (tertiary alicyclic amines) is 1. The summed E-state index contributed by atoms with van der Waals surface area (Å²) in [6.45, 7) is 0.698. The van der Waals surface area contributed by atoms with Crippen LogP contribution in [0.1, 0.15) is 36.0 Å². The zero-order valence-electron chi connectivity index (χ0n) is 13.9. The molecule has 1 aliphatic heterocycles. The van der Waals surface area contributed by atoms with Crippen molar-refractivity contribution in [3.8, 4) is 0 Å². The molecule has 1 saturated heterocycles. The second-order valence-corrected chi connectivity index (χ2v) is 6.56. The van der Waals surface area contributed by atoms with E-state index in [2.05, 4.69) is 15.5 Å². The van der Waals surface area contributed by atoms with Gasteiger partial charge < -0.3 is 14.4 Å². The molecule has 3 heterocycles. The minimum atomic E-state index is -0.245. The summed E-state index contributed by atoms with van der Waals surface area (Å²) in [6.07, 6.45) is 5.45. The van der Waals surface area contributed by atoms with Crippen molar-refractivity contribution in [3.63, 3.8) is 0 Å². The molecule has 1 amide bonds. The van der Waals surface area contributed by atoms with Gasteiger partial charge in [0.15, 0.2) is 5.65 Å². The highest BCUT2D eigenvalue weighted by molar-refractivity contribution is 5.95. The van der Waals surface area contributed by atoms with Gasteiger partial charge in [0.05, 0.1) is 17.7 Å². The van der Waals surface area contributed by atoms with Crippen LogP contribution in [0.5, 0.6) is 0 Å². The molecule has 8 nitrogen and oxygen atoms in total. The lowest BCUT2D eigenvalue weighted by molar-refractivity contribution is -0.0893. The quantitative estimate of drug-likeness (QED) is 0.832. The van der Waals surface area contributed by atoms with Crippen LogP contribution in [0.2, 0.25) is 0 Å². The maximum Gasteiger partial charge on any atom is 0.254 e. The van der Waals surface area contributed by atoms with E-state index in [9.17, 15) is 4.79 Å². The minimum absolute atomic E-state index is 0.00109. The van der Waals surface area contributed by atoms with Crippen molar-refractivity contribution in [2.75, 3.05) is 20.8 Å². The summed E-state index contributed by atoms with van der Waals surface area (Å²) in [6, 6.07) is 3.53. The molecule has 2 aliphatic rings. The SMILES string of the molecule is CO[C@H]1CC[C@]2(OC)CCN(C(=O)c3ccn4nnnc4c3)[C@@H]2C1. The predicted octanol–water partition coefficient (Wildman–Crippen LogP) is 0.923. The highest BCUT2D eigenvalue weighted by Crippen LogP contribution is 2.43. The molecule has 2 fully saturated rings. The molecule has 8 heteroatoms. The maximum absolute atomic E-state index is 13.1. The van der Waals surface area contributed by atoms with Crippen LogP contribution in [0.25, 0.3) is 5.65 Å². The Hall–Kier alpha value is -2.06. The van der Waals surface area contributed by atoms with Gasteiger partial charge in [-0.15, -0.1) is 5.10 Å². The first-order valence-corrected chi connectivity index (χ1v) is 8.23. The third-order valence-corrected chi connectivity index (χ3v) is 5.58. The molecule has 1 saturated carbocycles. The van der Waals surface area contributed by atoms with Gasteiger partial charge >= 0.3 is 0 Å². The highest BCUT2D eigenvalue weighted by atomic mass is 16.5. The summed E-state index contributed by atoms with van der Waals surface area (Å²) in [5.41, 5.74) is 0.922. The number of tetrazole rings is 1. The molecule has 2 aromatic rings. The average molecular weight is 331 g/mol. The van der Waals surface area contributed by atoms with Crippen LogP contribution in [0, 0.1) is 0 Å². The number of fused-ring (bicyclic) bond motifs is 2. The lowest BCUT2D eigenvalue weighted by Gasteiger charge is -2.43. The molecule has 0 bridgehead atoms. The Bertz CT molecular complexity index is 763. The number of methoxy groups -OCH3 is 2. The summed E-state index contributed by atoms with van der Waals surface area (Å²) in [5.74, 6) is 0.00109. The summed E-state index contributed by atoms with van der Waals surface area (Å²) >= 11 is 0. The second kappa shape index (κ2) is 5.78. The van der Waals surface area contributed by atoms with Crippen LogP contribution in [0.4, 0.5) is 0 Å². The van der Waals surface area contributed by atoms with Crippen molar-refractivity contribution in [1.82, 2.24) is 24.9 Å². The van der Waals surface area contributed by atoms with Gasteiger partial charge in [0.1, 0.15) is 0 Å². The van der Waals surface area contributed by atoms with Gasteiger partial charge in [-0.25, -0.2) is 4.52 Å². The van der Waals surface area contributed by atoms with E-state index in [4.69, 9.17) is 9.47 Å². The van der Waals surface area contributed by atoms with E-state index in [-0.39, 0.29) is 23.7 Å². The third-order valence-electron chi connectivity index (χ3n) is 5.58. The highest BCUT2D eigenvalue weighted by Gasteiger charge is 2.52. The van der Waals surface area contributed by atoms with Crippen LogP contribution < -0.4 is 0 Å². The number of carbonyl (C=O) groups excluding carboxylic acids is 1. The van der Waals surface area contributed by atoms with Crippen LogP contribution in [-0.4, -0.2) is 69.4 Å². The topological polar surface area (TPSA) is 81.9 Å². The third kappa shape index (κ3) is 2.29. The van der Waals surface area contributed by atoms with E-state index in [0.29, 0.717) is 17.8 Å². The normalized spacial score (nSPS) is 29.8. The minimum Gasteiger partial charge on any atom is -0.381 e. The van der Waals surface area contributed by atoms with E-state index >= 15 is 0 Å². The zero-order valence-corrected chi connectivity index (χ0v) is 13.9. The number of nitrogens with zero attached hydrogens (tertiary/aromatic N) is 5. The van der Waals surface area contributed by atoms with Gasteiger partial charge in [0.2, 0.25) is 0 Å². The summed E-state index contributed by atoms with van der Waals surface area (Å²) in [7, 11) is 3.49. The molecular weight excluding hydrogens is 310 g/mol. The van der Waals surface area contributed by atoms with Crippen molar-refractivity contribution in [2.24, 2.45) is 0 Å². The Morgan fingerprint density at radius 3 is 3.04 bits per heavy atom. The summed E-state index contributed by atoms with van der Waals surface area (Å²) in [5, 5.41) is 11.3. The molecule has 0 spiro atoms.